The second kappa shape index (κ2) is 2.57. The normalized spacial score (nSPS) is 20.9. The highest BCUT2D eigenvalue weighted by Crippen LogP contribution is 2.05. The van der Waals surface area contributed by atoms with E-state index < -0.39 is 0 Å². The van der Waals surface area contributed by atoms with Gasteiger partial charge >= 0.3 is 0 Å². The van der Waals surface area contributed by atoms with Crippen LogP contribution in [0.25, 0.3) is 0 Å². The summed E-state index contributed by atoms with van der Waals surface area (Å²) >= 11 is 0. The van der Waals surface area contributed by atoms with Gasteiger partial charge in [-0.1, -0.05) is 5.16 Å². The summed E-state index contributed by atoms with van der Waals surface area (Å²) in [5, 5.41) is 11.1. The number of rotatable bonds is 0. The first kappa shape index (κ1) is 6.19. The third-order valence-corrected chi connectivity index (χ3v) is 1.53. The van der Waals surface area contributed by atoms with E-state index in [4.69, 9.17) is 10.9 Å². The van der Waals surface area contributed by atoms with Gasteiger partial charge in [-0.05, 0) is 12.8 Å². The molecule has 0 aromatic rings. The highest BCUT2D eigenvalue weighted by molar-refractivity contribution is 5.77. The number of guanidine groups is 1. The maximum atomic E-state index is 8.22. The summed E-state index contributed by atoms with van der Waals surface area (Å²) in [6.45, 7) is 1.85. The van der Waals surface area contributed by atoms with Crippen LogP contribution in [0.15, 0.2) is 5.16 Å². The lowest BCUT2D eigenvalue weighted by molar-refractivity contribution is 0.305. The topological polar surface area (TPSA) is 61.9 Å². The van der Waals surface area contributed by atoms with Crippen molar-refractivity contribution in [1.29, 1.82) is 0 Å². The summed E-state index contributed by atoms with van der Waals surface area (Å²) in [6, 6.07) is 0. The van der Waals surface area contributed by atoms with Crippen molar-refractivity contribution in [3.05, 3.63) is 0 Å². The Balaban J connectivity index is 2.42. The van der Waals surface area contributed by atoms with Crippen LogP contribution in [0.4, 0.5) is 0 Å². The Kier molecular flexibility index (Phi) is 1.77. The highest BCUT2D eigenvalue weighted by atomic mass is 16.4. The van der Waals surface area contributed by atoms with E-state index in [0.29, 0.717) is 0 Å². The summed E-state index contributed by atoms with van der Waals surface area (Å²) < 4.78 is 0. The second-order valence-corrected chi connectivity index (χ2v) is 2.15. The Morgan fingerprint density at radius 3 is 2.44 bits per heavy atom. The van der Waals surface area contributed by atoms with Gasteiger partial charge in [-0.2, -0.15) is 0 Å². The fourth-order valence-electron chi connectivity index (χ4n) is 1.01. The van der Waals surface area contributed by atoms with E-state index in [9.17, 15) is 0 Å². The summed E-state index contributed by atoms with van der Waals surface area (Å²) in [6.07, 6.45) is 2.30. The van der Waals surface area contributed by atoms with Crippen LogP contribution in [0.1, 0.15) is 12.8 Å². The van der Waals surface area contributed by atoms with Crippen molar-refractivity contribution in [1.82, 2.24) is 4.90 Å². The van der Waals surface area contributed by atoms with Crippen molar-refractivity contribution in [2.75, 3.05) is 13.1 Å². The predicted molar refractivity (Wildman–Crippen MR) is 34.2 cm³/mol. The number of nitrogens with two attached hydrogens (primary N) is 1. The molecule has 0 amide bonds. The minimum Gasteiger partial charge on any atom is -0.408 e. The zero-order valence-electron chi connectivity index (χ0n) is 5.25. The van der Waals surface area contributed by atoms with Crippen LogP contribution < -0.4 is 5.73 Å². The molecule has 0 atom stereocenters. The Bertz CT molecular complexity index is 117. The van der Waals surface area contributed by atoms with Crippen molar-refractivity contribution in [2.45, 2.75) is 12.8 Å². The Morgan fingerprint density at radius 2 is 2.00 bits per heavy atom. The molecule has 9 heavy (non-hydrogen) atoms. The maximum Gasteiger partial charge on any atom is 0.233 e. The Morgan fingerprint density at radius 1 is 1.44 bits per heavy atom. The molecule has 3 N–H and O–H groups in total. The van der Waals surface area contributed by atoms with E-state index in [-0.39, 0.29) is 5.96 Å². The van der Waals surface area contributed by atoms with E-state index in [2.05, 4.69) is 5.16 Å². The van der Waals surface area contributed by atoms with Crippen molar-refractivity contribution >= 4 is 5.96 Å². The molecule has 0 radical (unpaired) electrons. The summed E-state index contributed by atoms with van der Waals surface area (Å²) in [5.41, 5.74) is 5.30. The quantitative estimate of drug-likeness (QED) is 0.206. The maximum absolute atomic E-state index is 8.22. The van der Waals surface area contributed by atoms with Gasteiger partial charge in [-0.15, -0.1) is 0 Å². The minimum absolute atomic E-state index is 0.243. The zero-order chi connectivity index (χ0) is 6.69. The zero-order valence-corrected chi connectivity index (χ0v) is 5.25. The van der Waals surface area contributed by atoms with Gasteiger partial charge < -0.3 is 15.8 Å². The SMILES string of the molecule is N/C(=N\O)N1CCCC1. The Labute approximate surface area is 53.9 Å². The van der Waals surface area contributed by atoms with E-state index in [0.717, 1.165) is 25.9 Å². The molecular formula is C5H11N3O. The lowest BCUT2D eigenvalue weighted by atomic mass is 10.4. The molecule has 1 saturated heterocycles. The van der Waals surface area contributed by atoms with E-state index >= 15 is 0 Å². The van der Waals surface area contributed by atoms with Crippen LogP contribution in [0.5, 0.6) is 0 Å². The first-order valence-corrected chi connectivity index (χ1v) is 3.07. The van der Waals surface area contributed by atoms with Gasteiger partial charge in [-0.25, -0.2) is 0 Å². The molecule has 1 rings (SSSR count). The number of hydrogen-bond acceptors (Lipinski definition) is 2. The van der Waals surface area contributed by atoms with Gasteiger partial charge in [0.15, 0.2) is 0 Å². The van der Waals surface area contributed by atoms with E-state index in [1.54, 1.807) is 0 Å². The minimum atomic E-state index is 0.243. The van der Waals surface area contributed by atoms with E-state index in [1.165, 1.54) is 0 Å². The van der Waals surface area contributed by atoms with Crippen LogP contribution in [-0.2, 0) is 0 Å². The molecule has 0 aliphatic carbocycles. The molecule has 0 aromatic heterocycles. The fraction of sp³-hybridized carbons (Fsp3) is 0.800. The molecule has 1 heterocycles. The molecule has 0 spiro atoms. The van der Waals surface area contributed by atoms with Gasteiger partial charge in [0.05, 0.1) is 0 Å². The molecule has 0 aromatic carbocycles. The van der Waals surface area contributed by atoms with Crippen LogP contribution in [0.3, 0.4) is 0 Å². The van der Waals surface area contributed by atoms with Crippen molar-refractivity contribution in [2.24, 2.45) is 10.9 Å². The van der Waals surface area contributed by atoms with Crippen molar-refractivity contribution in [3.8, 4) is 0 Å². The standard InChI is InChI=1S/C5H11N3O/c6-5(7-9)8-3-1-2-4-8/h9H,1-4H2,(H2,6,7). The lowest BCUT2D eigenvalue weighted by Crippen LogP contribution is -2.34. The van der Waals surface area contributed by atoms with Crippen LogP contribution in [0, 0.1) is 0 Å². The Hall–Kier alpha value is -0.930. The summed E-state index contributed by atoms with van der Waals surface area (Å²) in [5.74, 6) is 0.243. The van der Waals surface area contributed by atoms with Crippen LogP contribution in [-0.4, -0.2) is 29.2 Å². The lowest BCUT2D eigenvalue weighted by Gasteiger charge is -2.12. The molecule has 4 nitrogen and oxygen atoms in total. The van der Waals surface area contributed by atoms with Crippen molar-refractivity contribution in [3.63, 3.8) is 0 Å². The summed E-state index contributed by atoms with van der Waals surface area (Å²) in [7, 11) is 0. The third-order valence-electron chi connectivity index (χ3n) is 1.53. The number of nitrogens with zero attached hydrogens (tertiary/aromatic N) is 2. The van der Waals surface area contributed by atoms with Crippen molar-refractivity contribution < 1.29 is 5.21 Å². The second-order valence-electron chi connectivity index (χ2n) is 2.15. The van der Waals surface area contributed by atoms with E-state index in [1.807, 2.05) is 4.90 Å². The third kappa shape index (κ3) is 1.25. The van der Waals surface area contributed by atoms with Gasteiger partial charge in [0.25, 0.3) is 0 Å². The monoisotopic (exact) mass is 129 g/mol. The largest absolute Gasteiger partial charge is 0.408 e. The molecule has 52 valence electrons. The number of likely N-dealkylation sites (tertiary alicyclic amines) is 1. The van der Waals surface area contributed by atoms with Gasteiger partial charge in [0.1, 0.15) is 0 Å². The molecular weight excluding hydrogens is 118 g/mol. The summed E-state index contributed by atoms with van der Waals surface area (Å²) in [4.78, 5) is 1.86. The highest BCUT2D eigenvalue weighted by Gasteiger charge is 2.12. The molecule has 0 unspecified atom stereocenters. The smallest absolute Gasteiger partial charge is 0.233 e. The number of hydrogen-bond donors (Lipinski definition) is 2. The fourth-order valence-corrected chi connectivity index (χ4v) is 1.01. The van der Waals surface area contributed by atoms with Crippen LogP contribution >= 0.6 is 0 Å². The van der Waals surface area contributed by atoms with Gasteiger partial charge in [-0.3, -0.25) is 0 Å². The predicted octanol–water partition coefficient (Wildman–Crippen LogP) is -0.214. The average molecular weight is 129 g/mol. The molecule has 1 aliphatic heterocycles. The molecule has 1 aliphatic rings. The first-order valence-electron chi connectivity index (χ1n) is 3.07. The molecule has 4 heteroatoms. The van der Waals surface area contributed by atoms with Gasteiger partial charge in [0.2, 0.25) is 5.96 Å². The van der Waals surface area contributed by atoms with Crippen LogP contribution in [0.2, 0.25) is 0 Å². The molecule has 1 fully saturated rings. The first-order chi connectivity index (χ1) is 4.34. The molecule has 0 bridgehead atoms. The van der Waals surface area contributed by atoms with Gasteiger partial charge in [0, 0.05) is 13.1 Å². The number of oxime groups is 1. The molecule has 0 saturated carbocycles. The average Bonchev–Trinajstić information content (AvgIpc) is 2.37.